The van der Waals surface area contributed by atoms with E-state index in [-0.39, 0.29) is 11.7 Å². The Labute approximate surface area is 203 Å². The third kappa shape index (κ3) is 4.98. The Bertz CT molecular complexity index is 1230. The van der Waals surface area contributed by atoms with Gasteiger partial charge in [0.2, 0.25) is 0 Å². The van der Waals surface area contributed by atoms with Gasteiger partial charge in [0.25, 0.3) is 5.91 Å². The van der Waals surface area contributed by atoms with Crippen LogP contribution >= 0.6 is 11.6 Å². The van der Waals surface area contributed by atoms with E-state index < -0.39 is 0 Å². The minimum Gasteiger partial charge on any atom is -0.451 e. The van der Waals surface area contributed by atoms with Crippen LogP contribution in [0.5, 0.6) is 0 Å². The van der Waals surface area contributed by atoms with Gasteiger partial charge in [0, 0.05) is 60.5 Å². The highest BCUT2D eigenvalue weighted by atomic mass is 35.5. The Kier molecular flexibility index (Phi) is 6.60. The van der Waals surface area contributed by atoms with E-state index in [0.29, 0.717) is 17.3 Å². The van der Waals surface area contributed by atoms with E-state index in [1.54, 1.807) is 35.5 Å². The Morgan fingerprint density at radius 3 is 2.35 bits per heavy atom. The number of pyridine rings is 1. The first-order chi connectivity index (χ1) is 16.7. The first-order valence-electron chi connectivity index (χ1n) is 11.3. The molecule has 3 heterocycles. The maximum Gasteiger partial charge on any atom is 0.294 e. The number of hydrogen-bond acceptors (Lipinski definition) is 5. The van der Waals surface area contributed by atoms with Crippen molar-refractivity contribution in [1.82, 2.24) is 10.3 Å². The molecule has 0 aliphatic carbocycles. The zero-order valence-corrected chi connectivity index (χ0v) is 19.4. The van der Waals surface area contributed by atoms with Gasteiger partial charge in [-0.2, -0.15) is 0 Å². The summed E-state index contributed by atoms with van der Waals surface area (Å²) in [4.78, 5) is 21.8. The maximum absolute atomic E-state index is 13.6. The van der Waals surface area contributed by atoms with Crippen molar-refractivity contribution in [2.24, 2.45) is 0 Å². The summed E-state index contributed by atoms with van der Waals surface area (Å²) >= 11 is 6.00. The van der Waals surface area contributed by atoms with Gasteiger partial charge in [-0.25, -0.2) is 0 Å². The molecule has 0 radical (unpaired) electrons. The average Bonchev–Trinajstić information content (AvgIpc) is 3.39. The molecule has 34 heavy (non-hydrogen) atoms. The Morgan fingerprint density at radius 2 is 1.65 bits per heavy atom. The van der Waals surface area contributed by atoms with E-state index in [9.17, 15) is 4.79 Å². The third-order valence-corrected chi connectivity index (χ3v) is 6.18. The number of halogens is 1. The van der Waals surface area contributed by atoms with Gasteiger partial charge >= 0.3 is 0 Å². The summed E-state index contributed by atoms with van der Waals surface area (Å²) in [6, 6.07) is 22.9. The van der Waals surface area contributed by atoms with Crippen LogP contribution in [0.1, 0.15) is 16.1 Å². The number of piperazine rings is 1. The monoisotopic (exact) mass is 472 g/mol. The van der Waals surface area contributed by atoms with E-state index in [1.165, 1.54) is 0 Å². The first-order valence-corrected chi connectivity index (χ1v) is 11.7. The van der Waals surface area contributed by atoms with E-state index in [2.05, 4.69) is 27.3 Å². The summed E-state index contributed by atoms with van der Waals surface area (Å²) in [6.07, 6.45) is 3.47. The lowest BCUT2D eigenvalue weighted by molar-refractivity contribution is 0.0959. The minimum atomic E-state index is -0.202. The Balaban J connectivity index is 1.43. The zero-order valence-electron chi connectivity index (χ0n) is 18.7. The molecule has 4 aromatic rings. The molecule has 172 valence electrons. The molecule has 1 aliphatic heterocycles. The van der Waals surface area contributed by atoms with Gasteiger partial charge in [-0.1, -0.05) is 11.6 Å². The number of hydrogen-bond donors (Lipinski definition) is 1. The van der Waals surface area contributed by atoms with Crippen molar-refractivity contribution in [3.63, 3.8) is 0 Å². The van der Waals surface area contributed by atoms with Gasteiger partial charge in [0.05, 0.1) is 6.54 Å². The Morgan fingerprint density at radius 1 is 0.941 bits per heavy atom. The number of anilines is 2. The molecular weight excluding hydrogens is 448 g/mol. The SMILES string of the molecule is O=C(c1ccc(-c2ccc(Cl)cc2)o1)N(Cc1ccncc1)c1ccc(N2CCNCC2)cc1. The largest absolute Gasteiger partial charge is 0.451 e. The lowest BCUT2D eigenvalue weighted by atomic mass is 10.2. The van der Waals surface area contributed by atoms with Gasteiger partial charge < -0.3 is 19.5 Å². The van der Waals surface area contributed by atoms with Crippen LogP contribution in [-0.4, -0.2) is 37.1 Å². The van der Waals surface area contributed by atoms with E-state index >= 15 is 0 Å². The van der Waals surface area contributed by atoms with E-state index in [4.69, 9.17) is 16.0 Å². The molecule has 5 rings (SSSR count). The number of furan rings is 1. The minimum absolute atomic E-state index is 0.202. The molecule has 1 saturated heterocycles. The fourth-order valence-corrected chi connectivity index (χ4v) is 4.20. The summed E-state index contributed by atoms with van der Waals surface area (Å²) in [5.41, 5.74) is 3.82. The van der Waals surface area contributed by atoms with Crippen LogP contribution in [0.25, 0.3) is 11.3 Å². The Hall–Kier alpha value is -3.61. The fourth-order valence-electron chi connectivity index (χ4n) is 4.07. The summed E-state index contributed by atoms with van der Waals surface area (Å²) < 4.78 is 5.97. The number of aromatic nitrogens is 1. The van der Waals surface area contributed by atoms with Crippen LogP contribution < -0.4 is 15.1 Å². The summed E-state index contributed by atoms with van der Waals surface area (Å²) in [7, 11) is 0. The van der Waals surface area contributed by atoms with Crippen LogP contribution in [-0.2, 0) is 6.54 Å². The highest BCUT2D eigenvalue weighted by Gasteiger charge is 2.22. The highest BCUT2D eigenvalue weighted by Crippen LogP contribution is 2.28. The first kappa shape index (κ1) is 22.2. The topological polar surface area (TPSA) is 61.6 Å². The maximum atomic E-state index is 13.6. The van der Waals surface area contributed by atoms with Gasteiger partial charge in [0.1, 0.15) is 5.76 Å². The predicted molar refractivity (Wildman–Crippen MR) is 135 cm³/mol. The number of carbonyl (C=O) groups is 1. The van der Waals surface area contributed by atoms with Gasteiger partial charge in [0.15, 0.2) is 5.76 Å². The predicted octanol–water partition coefficient (Wildman–Crippen LogP) is 5.25. The molecule has 1 aliphatic rings. The van der Waals surface area contributed by atoms with Crippen LogP contribution in [0, 0.1) is 0 Å². The van der Waals surface area contributed by atoms with Crippen molar-refractivity contribution in [3.8, 4) is 11.3 Å². The number of rotatable bonds is 6. The summed E-state index contributed by atoms with van der Waals surface area (Å²) in [6.45, 7) is 4.30. The standard InChI is InChI=1S/C27H25ClN4O2/c28-22-3-1-21(2-4-22)25-9-10-26(34-25)27(33)32(19-20-11-13-29-14-12-20)24-7-5-23(6-8-24)31-17-15-30-16-18-31/h1-14,30H,15-19H2. The van der Waals surface area contributed by atoms with Crippen molar-refractivity contribution in [3.05, 3.63) is 102 Å². The molecule has 0 atom stereocenters. The van der Waals surface area contributed by atoms with Gasteiger partial charge in [-0.05, 0) is 78.4 Å². The molecule has 1 fully saturated rings. The molecule has 7 heteroatoms. The highest BCUT2D eigenvalue weighted by molar-refractivity contribution is 6.30. The smallest absolute Gasteiger partial charge is 0.294 e. The molecule has 0 unspecified atom stereocenters. The molecule has 1 N–H and O–H groups in total. The molecular formula is C27H25ClN4O2. The van der Waals surface area contributed by atoms with Crippen LogP contribution in [0.3, 0.4) is 0 Å². The lowest BCUT2D eigenvalue weighted by Gasteiger charge is -2.30. The van der Waals surface area contributed by atoms with Crippen LogP contribution in [0.15, 0.2) is 89.6 Å². The van der Waals surface area contributed by atoms with Gasteiger partial charge in [-0.3, -0.25) is 9.78 Å². The van der Waals surface area contributed by atoms with Crippen molar-refractivity contribution in [1.29, 1.82) is 0 Å². The molecule has 2 aromatic heterocycles. The van der Waals surface area contributed by atoms with Crippen LogP contribution in [0.2, 0.25) is 5.02 Å². The second-order valence-electron chi connectivity index (χ2n) is 8.17. The number of amides is 1. The zero-order chi connectivity index (χ0) is 23.3. The molecule has 2 aromatic carbocycles. The summed E-state index contributed by atoms with van der Waals surface area (Å²) in [5, 5.41) is 4.03. The molecule has 0 saturated carbocycles. The van der Waals surface area contributed by atoms with Gasteiger partial charge in [-0.15, -0.1) is 0 Å². The number of carbonyl (C=O) groups excluding carboxylic acids is 1. The van der Waals surface area contributed by atoms with E-state index in [1.807, 2.05) is 42.5 Å². The molecule has 0 spiro atoms. The number of nitrogens with zero attached hydrogens (tertiary/aromatic N) is 3. The quantitative estimate of drug-likeness (QED) is 0.415. The number of nitrogens with one attached hydrogen (secondary N) is 1. The number of benzene rings is 2. The third-order valence-electron chi connectivity index (χ3n) is 5.92. The van der Waals surface area contributed by atoms with Crippen LogP contribution in [0.4, 0.5) is 11.4 Å². The van der Waals surface area contributed by atoms with Crippen molar-refractivity contribution < 1.29 is 9.21 Å². The molecule has 1 amide bonds. The normalized spacial score (nSPS) is 13.6. The van der Waals surface area contributed by atoms with E-state index in [0.717, 1.165) is 48.7 Å². The van der Waals surface area contributed by atoms with Crippen molar-refractivity contribution in [2.45, 2.75) is 6.54 Å². The fraction of sp³-hybridized carbons (Fsp3) is 0.185. The average molecular weight is 473 g/mol. The molecule has 0 bridgehead atoms. The summed E-state index contributed by atoms with van der Waals surface area (Å²) in [5.74, 6) is 0.704. The lowest BCUT2D eigenvalue weighted by Crippen LogP contribution is -2.43. The van der Waals surface area contributed by atoms with Crippen molar-refractivity contribution in [2.75, 3.05) is 36.0 Å². The molecule has 6 nitrogen and oxygen atoms in total. The second kappa shape index (κ2) is 10.1. The second-order valence-corrected chi connectivity index (χ2v) is 8.61. The van der Waals surface area contributed by atoms with Crippen molar-refractivity contribution >= 4 is 28.9 Å².